The van der Waals surface area contributed by atoms with Crippen LogP contribution in [0.4, 0.5) is 43.9 Å². The van der Waals surface area contributed by atoms with Gasteiger partial charge in [0.05, 0.1) is 28.5 Å². The number of hydrogen-bond acceptors (Lipinski definition) is 6. The van der Waals surface area contributed by atoms with E-state index >= 15 is 0 Å². The van der Waals surface area contributed by atoms with E-state index in [9.17, 15) is 68.7 Å². The third-order valence-corrected chi connectivity index (χ3v) is 9.06. The highest BCUT2D eigenvalue weighted by molar-refractivity contribution is 6.34. The van der Waals surface area contributed by atoms with Gasteiger partial charge in [0.15, 0.2) is 6.73 Å². The summed E-state index contributed by atoms with van der Waals surface area (Å²) >= 11 is 12.3. The first kappa shape index (κ1) is 41.3. The molecule has 1 N–H and O–H groups in total. The van der Waals surface area contributed by atoms with Gasteiger partial charge in [0.25, 0.3) is 5.91 Å². The van der Waals surface area contributed by atoms with Gasteiger partial charge < -0.3 is 14.6 Å². The van der Waals surface area contributed by atoms with Crippen LogP contribution in [0.15, 0.2) is 48.6 Å². The first-order chi connectivity index (χ1) is 24.2. The number of halogens is 12. The molecule has 2 aromatic carbocycles. The second-order valence-electron chi connectivity index (χ2n) is 12.7. The lowest BCUT2D eigenvalue weighted by Crippen LogP contribution is -2.50. The van der Waals surface area contributed by atoms with Crippen LogP contribution in [0.5, 0.6) is 5.75 Å². The maximum absolute atomic E-state index is 14.8. The van der Waals surface area contributed by atoms with Crippen LogP contribution in [0, 0.1) is 16.7 Å². The second kappa shape index (κ2) is 14.0. The van der Waals surface area contributed by atoms with Crippen molar-refractivity contribution in [2.45, 2.75) is 69.0 Å². The molecule has 1 amide bonds. The quantitative estimate of drug-likeness (QED) is 0.137. The predicted molar refractivity (Wildman–Crippen MR) is 165 cm³/mol. The number of ether oxygens (including phenoxy) is 2. The zero-order valence-corrected chi connectivity index (χ0v) is 28.5. The van der Waals surface area contributed by atoms with Crippen molar-refractivity contribution in [2.75, 3.05) is 6.73 Å². The molecule has 0 heterocycles. The number of nitrogens with zero attached hydrogens (tertiary/aromatic N) is 2. The number of alkyl halides is 10. The number of amides is 1. The maximum atomic E-state index is 14.8. The Morgan fingerprint density at radius 2 is 1.57 bits per heavy atom. The Kier molecular flexibility index (Phi) is 10.9. The van der Waals surface area contributed by atoms with E-state index in [1.165, 1.54) is 44.2 Å². The molecule has 1 atom stereocenters. The summed E-state index contributed by atoms with van der Waals surface area (Å²) in [5.74, 6) is -6.27. The fourth-order valence-electron chi connectivity index (χ4n) is 5.27. The fraction of sp³-hybridized carbons (Fsp3) is 0.394. The monoisotopic (exact) mass is 804 g/mol. The fourth-order valence-corrected chi connectivity index (χ4v) is 5.81. The van der Waals surface area contributed by atoms with E-state index < -0.39 is 94.2 Å². The molecule has 1 unspecified atom stereocenters. The van der Waals surface area contributed by atoms with Gasteiger partial charge in [0, 0.05) is 22.1 Å². The molecule has 0 aliphatic heterocycles. The van der Waals surface area contributed by atoms with E-state index in [2.05, 4.69) is 4.74 Å². The van der Waals surface area contributed by atoms with Gasteiger partial charge in [-0.1, -0.05) is 47.5 Å². The van der Waals surface area contributed by atoms with E-state index in [1.54, 1.807) is 0 Å². The molecule has 53 heavy (non-hydrogen) atoms. The molecule has 1 fully saturated rings. The van der Waals surface area contributed by atoms with Gasteiger partial charge in [-0.15, -0.1) is 13.2 Å². The van der Waals surface area contributed by atoms with Crippen LogP contribution in [0.3, 0.4) is 0 Å². The molecule has 286 valence electrons. The Labute approximate surface area is 303 Å². The van der Waals surface area contributed by atoms with Crippen molar-refractivity contribution < 1.29 is 72.9 Å². The van der Waals surface area contributed by atoms with Crippen LogP contribution in [-0.4, -0.2) is 58.8 Å². The molecule has 0 spiro atoms. The summed E-state index contributed by atoms with van der Waals surface area (Å²) in [5.41, 5.74) is -12.1. The normalized spacial score (nSPS) is 17.2. The number of carboxylic acid groups (broad SMARTS) is 1. The lowest BCUT2D eigenvalue weighted by atomic mass is 9.90. The van der Waals surface area contributed by atoms with Crippen LogP contribution in [-0.2, 0) is 20.0 Å². The molecular weight excluding hydrogens is 781 g/mol. The van der Waals surface area contributed by atoms with E-state index in [0.29, 0.717) is 0 Å². The van der Waals surface area contributed by atoms with Crippen molar-refractivity contribution in [3.8, 4) is 11.8 Å². The van der Waals surface area contributed by atoms with Crippen molar-refractivity contribution in [3.63, 3.8) is 0 Å². The molecule has 0 aromatic heterocycles. The van der Waals surface area contributed by atoms with Gasteiger partial charge in [-0.25, -0.2) is 4.39 Å². The highest BCUT2D eigenvalue weighted by Gasteiger charge is 2.73. The molecule has 1 saturated carbocycles. The summed E-state index contributed by atoms with van der Waals surface area (Å²) < 4.78 is 144. The number of hydrogen-bond donors (Lipinski definition) is 1. The number of carbonyl (C=O) groups excluding carboxylic acids is 2. The standard InChI is InChI=1S/C33H24Cl2F10N2O6/c1-28(2,27(50)51)13-24(48)52-15-47(29(14-46)7-8-29)26(49)20-10-17(5-6-21(20)34)16-3-4-18(9-16)25-22(35)11-19(12-23(25)53-33(43,44)45)30(36,31(37,38)39)32(40,41)42/h3-6,9-12,18H,7-8,13,15H2,1-2H3,(H,50,51). The smallest absolute Gasteiger partial charge is 0.481 e. The minimum atomic E-state index is -6.67. The largest absolute Gasteiger partial charge is 0.573 e. The number of esters is 1. The lowest BCUT2D eigenvalue weighted by Gasteiger charge is -2.31. The third kappa shape index (κ3) is 8.35. The summed E-state index contributed by atoms with van der Waals surface area (Å²) in [5, 5.41) is 17.8. The van der Waals surface area contributed by atoms with Crippen LogP contribution < -0.4 is 4.74 Å². The van der Waals surface area contributed by atoms with Crippen molar-refractivity contribution in [1.82, 2.24) is 4.90 Å². The summed E-state index contributed by atoms with van der Waals surface area (Å²) in [6, 6.07) is 5.24. The number of carbonyl (C=O) groups is 3. The topological polar surface area (TPSA) is 117 Å². The van der Waals surface area contributed by atoms with Crippen LogP contribution >= 0.6 is 23.2 Å². The van der Waals surface area contributed by atoms with Crippen molar-refractivity contribution >= 4 is 46.6 Å². The summed E-state index contributed by atoms with van der Waals surface area (Å²) in [7, 11) is 0. The maximum Gasteiger partial charge on any atom is 0.573 e. The number of aliphatic carboxylic acids is 1. The first-order valence-corrected chi connectivity index (χ1v) is 15.7. The van der Waals surface area contributed by atoms with Crippen LogP contribution in [0.1, 0.15) is 66.1 Å². The van der Waals surface area contributed by atoms with Gasteiger partial charge in [-0.3, -0.25) is 19.3 Å². The van der Waals surface area contributed by atoms with Gasteiger partial charge >= 0.3 is 36.3 Å². The van der Waals surface area contributed by atoms with Crippen molar-refractivity contribution in [2.24, 2.45) is 5.41 Å². The van der Waals surface area contributed by atoms with Crippen LogP contribution in [0.2, 0.25) is 10.0 Å². The van der Waals surface area contributed by atoms with Crippen molar-refractivity contribution in [1.29, 1.82) is 5.26 Å². The van der Waals surface area contributed by atoms with Gasteiger partial charge in [-0.05, 0) is 62.1 Å². The third-order valence-electron chi connectivity index (χ3n) is 8.42. The number of rotatable bonds is 11. The van der Waals surface area contributed by atoms with E-state index in [-0.39, 0.29) is 46.7 Å². The minimum Gasteiger partial charge on any atom is -0.481 e. The predicted octanol–water partition coefficient (Wildman–Crippen LogP) is 9.42. The molecule has 2 aliphatic rings. The van der Waals surface area contributed by atoms with Crippen molar-refractivity contribution in [3.05, 3.63) is 80.9 Å². The lowest BCUT2D eigenvalue weighted by molar-refractivity contribution is -0.348. The molecule has 0 bridgehead atoms. The Bertz CT molecular complexity index is 1910. The molecule has 2 aliphatic carbocycles. The molecular formula is C33H24Cl2F10N2O6. The van der Waals surface area contributed by atoms with E-state index in [0.717, 1.165) is 11.0 Å². The Morgan fingerprint density at radius 1 is 0.962 bits per heavy atom. The first-order valence-electron chi connectivity index (χ1n) is 14.9. The second-order valence-corrected chi connectivity index (χ2v) is 13.5. The average Bonchev–Trinajstić information content (AvgIpc) is 3.66. The molecule has 0 radical (unpaired) electrons. The van der Waals surface area contributed by atoms with Gasteiger partial charge in [0.1, 0.15) is 11.3 Å². The van der Waals surface area contributed by atoms with Gasteiger partial charge in [-0.2, -0.15) is 31.6 Å². The minimum absolute atomic E-state index is 0.104. The molecule has 8 nitrogen and oxygen atoms in total. The molecule has 0 saturated heterocycles. The van der Waals surface area contributed by atoms with Gasteiger partial charge in [0.2, 0.25) is 0 Å². The highest BCUT2D eigenvalue weighted by Crippen LogP contribution is 2.55. The zero-order valence-electron chi connectivity index (χ0n) is 26.9. The summed E-state index contributed by atoms with van der Waals surface area (Å²) in [6.45, 7) is 1.76. The highest BCUT2D eigenvalue weighted by atomic mass is 35.5. The number of benzene rings is 2. The summed E-state index contributed by atoms with van der Waals surface area (Å²) in [6.07, 6.45) is -15.7. The molecule has 20 heteroatoms. The number of allylic oxidation sites excluding steroid dienone is 4. The average molecular weight is 805 g/mol. The molecule has 4 rings (SSSR count). The Balaban J connectivity index is 1.71. The Hall–Kier alpha value is -4.50. The number of nitriles is 1. The van der Waals surface area contributed by atoms with Crippen LogP contribution in [0.25, 0.3) is 5.57 Å². The SMILES string of the molecule is CC(C)(CC(=O)OCN(C(=O)c1cc(C2=CC(c3c(Cl)cc(C(F)(C(F)(F)F)C(F)(F)F)cc3OC(F)(F)F)C=C2)ccc1Cl)C1(C#N)CC1)C(=O)O. The molecule has 2 aromatic rings. The number of carboxylic acids is 1. The van der Waals surface area contributed by atoms with E-state index in [1.807, 2.05) is 6.07 Å². The van der Waals surface area contributed by atoms with E-state index in [4.69, 9.17) is 27.9 Å². The summed E-state index contributed by atoms with van der Waals surface area (Å²) in [4.78, 5) is 38.5. The Morgan fingerprint density at radius 3 is 2.08 bits per heavy atom. The zero-order chi connectivity index (χ0) is 40.1.